The highest BCUT2D eigenvalue weighted by atomic mass is 35.5. The van der Waals surface area contributed by atoms with Crippen LogP contribution in [0.5, 0.6) is 0 Å². The van der Waals surface area contributed by atoms with E-state index in [-0.39, 0.29) is 31.4 Å². The van der Waals surface area contributed by atoms with Crippen molar-refractivity contribution in [1.82, 2.24) is 10.6 Å². The molecule has 1 amide bonds. The number of benzene rings is 1. The number of anilines is 1. The molecule has 3 rings (SSSR count). The highest BCUT2D eigenvalue weighted by Gasteiger charge is 2.42. The molecule has 0 radical (unpaired) electrons. The van der Waals surface area contributed by atoms with Crippen LogP contribution in [0.1, 0.15) is 12.0 Å². The van der Waals surface area contributed by atoms with Crippen molar-refractivity contribution in [3.8, 4) is 0 Å². The maximum absolute atomic E-state index is 13.6. The summed E-state index contributed by atoms with van der Waals surface area (Å²) in [6.45, 7) is 2.14. The summed E-state index contributed by atoms with van der Waals surface area (Å²) in [7, 11) is 0. The van der Waals surface area contributed by atoms with E-state index in [1.807, 2.05) is 0 Å². The number of amides is 1. The van der Waals surface area contributed by atoms with Crippen molar-refractivity contribution >= 4 is 36.4 Å². The summed E-state index contributed by atoms with van der Waals surface area (Å²) in [6, 6.07) is 3.49. The van der Waals surface area contributed by atoms with Gasteiger partial charge in [0.25, 0.3) is 5.92 Å². The van der Waals surface area contributed by atoms with Gasteiger partial charge < -0.3 is 15.0 Å². The van der Waals surface area contributed by atoms with E-state index < -0.39 is 36.7 Å². The van der Waals surface area contributed by atoms with Crippen molar-refractivity contribution in [3.63, 3.8) is 0 Å². The fourth-order valence-electron chi connectivity index (χ4n) is 3.01. The lowest BCUT2D eigenvalue weighted by Gasteiger charge is -2.30. The smallest absolute Gasteiger partial charge is 0.262 e. The molecule has 2 fully saturated rings. The van der Waals surface area contributed by atoms with Gasteiger partial charge in [0.05, 0.1) is 25.8 Å². The van der Waals surface area contributed by atoms with Gasteiger partial charge in [-0.05, 0) is 23.8 Å². The highest BCUT2D eigenvalue weighted by molar-refractivity contribution is 5.85. The Morgan fingerprint density at radius 2 is 2.00 bits per heavy atom. The van der Waals surface area contributed by atoms with Crippen molar-refractivity contribution in [3.05, 3.63) is 29.6 Å². The Kier molecular flexibility index (Phi) is 8.46. The van der Waals surface area contributed by atoms with Crippen LogP contribution in [0, 0.1) is 5.82 Å². The number of alkyl halides is 2. The molecule has 1 aromatic carbocycles. The zero-order chi connectivity index (χ0) is 17.2. The SMILES string of the molecule is Cl.Cl.O=C(NCc1cc(F)ccc1N1CCOCC1)C1CC(F)(F)CN1. The molecule has 0 saturated carbocycles. The van der Waals surface area contributed by atoms with E-state index >= 15 is 0 Å². The molecule has 2 saturated heterocycles. The van der Waals surface area contributed by atoms with Crippen molar-refractivity contribution in [2.45, 2.75) is 24.9 Å². The Hall–Kier alpha value is -1.22. The Balaban J connectivity index is 0.00000169. The van der Waals surface area contributed by atoms with Gasteiger partial charge in [-0.3, -0.25) is 10.1 Å². The molecule has 0 aliphatic carbocycles. The molecule has 2 heterocycles. The van der Waals surface area contributed by atoms with Gasteiger partial charge in [0.1, 0.15) is 5.82 Å². The van der Waals surface area contributed by atoms with E-state index in [2.05, 4.69) is 15.5 Å². The standard InChI is InChI=1S/C16H20F3N3O2.2ClH/c17-12-1-2-14(22-3-5-24-6-4-22)11(7-12)9-20-15(23)13-8-16(18,19)10-21-13;;/h1-2,7,13,21H,3-6,8-10H2,(H,20,23);2*1H. The summed E-state index contributed by atoms with van der Waals surface area (Å²) < 4.78 is 45.2. The number of morpholine rings is 1. The predicted molar refractivity (Wildman–Crippen MR) is 97.1 cm³/mol. The average Bonchev–Trinajstić information content (AvgIpc) is 2.93. The van der Waals surface area contributed by atoms with E-state index in [1.54, 1.807) is 6.07 Å². The van der Waals surface area contributed by atoms with Crippen LogP contribution in [0.2, 0.25) is 0 Å². The molecule has 10 heteroatoms. The number of halogens is 5. The minimum atomic E-state index is -2.86. The van der Waals surface area contributed by atoms with E-state index in [0.29, 0.717) is 31.9 Å². The van der Waals surface area contributed by atoms with Crippen LogP contribution in [-0.2, 0) is 16.1 Å². The monoisotopic (exact) mass is 415 g/mol. The van der Waals surface area contributed by atoms with Crippen LogP contribution >= 0.6 is 24.8 Å². The number of nitrogens with zero attached hydrogens (tertiary/aromatic N) is 1. The van der Waals surface area contributed by atoms with E-state index in [9.17, 15) is 18.0 Å². The zero-order valence-electron chi connectivity index (χ0n) is 14.0. The van der Waals surface area contributed by atoms with Crippen molar-refractivity contribution in [2.24, 2.45) is 0 Å². The summed E-state index contributed by atoms with van der Waals surface area (Å²) in [6.07, 6.45) is -0.516. The third kappa shape index (κ3) is 5.64. The summed E-state index contributed by atoms with van der Waals surface area (Å²) in [5.74, 6) is -3.76. The molecule has 2 aliphatic rings. The highest BCUT2D eigenvalue weighted by Crippen LogP contribution is 2.26. The molecular formula is C16H22Cl2F3N3O2. The third-order valence-electron chi connectivity index (χ3n) is 4.27. The lowest BCUT2D eigenvalue weighted by atomic mass is 10.1. The second-order valence-electron chi connectivity index (χ2n) is 6.08. The van der Waals surface area contributed by atoms with Gasteiger partial charge >= 0.3 is 0 Å². The van der Waals surface area contributed by atoms with E-state index in [1.165, 1.54) is 12.1 Å². The zero-order valence-corrected chi connectivity index (χ0v) is 15.6. The van der Waals surface area contributed by atoms with Crippen molar-refractivity contribution in [2.75, 3.05) is 37.7 Å². The topological polar surface area (TPSA) is 53.6 Å². The van der Waals surface area contributed by atoms with Crippen LogP contribution in [0.4, 0.5) is 18.9 Å². The molecule has 26 heavy (non-hydrogen) atoms. The minimum Gasteiger partial charge on any atom is -0.378 e. The van der Waals surface area contributed by atoms with Crippen LogP contribution in [0.3, 0.4) is 0 Å². The fraction of sp³-hybridized carbons (Fsp3) is 0.562. The summed E-state index contributed by atoms with van der Waals surface area (Å²) in [5, 5.41) is 5.14. The number of hydrogen-bond donors (Lipinski definition) is 2. The van der Waals surface area contributed by atoms with Crippen molar-refractivity contribution < 1.29 is 22.7 Å². The van der Waals surface area contributed by atoms with Crippen LogP contribution < -0.4 is 15.5 Å². The molecule has 0 aromatic heterocycles. The predicted octanol–water partition coefficient (Wildman–Crippen LogP) is 2.12. The summed E-state index contributed by atoms with van der Waals surface area (Å²) in [4.78, 5) is 14.1. The second-order valence-corrected chi connectivity index (χ2v) is 6.08. The first-order valence-corrected chi connectivity index (χ1v) is 7.95. The van der Waals surface area contributed by atoms with Gasteiger partial charge in [-0.15, -0.1) is 24.8 Å². The molecule has 0 bridgehead atoms. The number of hydrogen-bond acceptors (Lipinski definition) is 4. The van der Waals surface area contributed by atoms with Crippen LogP contribution in [-0.4, -0.2) is 50.7 Å². The third-order valence-corrected chi connectivity index (χ3v) is 4.27. The fourth-order valence-corrected chi connectivity index (χ4v) is 3.01. The first-order valence-electron chi connectivity index (χ1n) is 7.95. The van der Waals surface area contributed by atoms with Crippen molar-refractivity contribution in [1.29, 1.82) is 0 Å². The maximum Gasteiger partial charge on any atom is 0.262 e. The quantitative estimate of drug-likeness (QED) is 0.790. The molecule has 5 nitrogen and oxygen atoms in total. The number of carbonyl (C=O) groups is 1. The van der Waals surface area contributed by atoms with Gasteiger partial charge in [-0.2, -0.15) is 0 Å². The summed E-state index contributed by atoms with van der Waals surface area (Å²) >= 11 is 0. The maximum atomic E-state index is 13.6. The second kappa shape index (κ2) is 9.64. The van der Waals surface area contributed by atoms with Gasteiger partial charge in [0.15, 0.2) is 0 Å². The van der Waals surface area contributed by atoms with E-state index in [4.69, 9.17) is 4.74 Å². The van der Waals surface area contributed by atoms with Gasteiger partial charge in [-0.25, -0.2) is 13.2 Å². The van der Waals surface area contributed by atoms with Crippen LogP contribution in [0.25, 0.3) is 0 Å². The molecule has 2 aliphatic heterocycles. The molecule has 1 aromatic rings. The van der Waals surface area contributed by atoms with Gasteiger partial charge in [-0.1, -0.05) is 0 Å². The number of ether oxygens (including phenoxy) is 1. The molecular weight excluding hydrogens is 394 g/mol. The van der Waals surface area contributed by atoms with Crippen LogP contribution in [0.15, 0.2) is 18.2 Å². The number of carbonyl (C=O) groups excluding carboxylic acids is 1. The number of nitrogens with one attached hydrogen (secondary N) is 2. The first-order chi connectivity index (χ1) is 11.4. The molecule has 148 valence electrons. The van der Waals surface area contributed by atoms with Gasteiger partial charge in [0, 0.05) is 31.7 Å². The largest absolute Gasteiger partial charge is 0.378 e. The average molecular weight is 416 g/mol. The Labute approximate surface area is 162 Å². The normalized spacial score (nSPS) is 21.5. The molecule has 1 unspecified atom stereocenters. The van der Waals surface area contributed by atoms with Gasteiger partial charge in [0.2, 0.25) is 5.91 Å². The Morgan fingerprint density at radius 1 is 1.31 bits per heavy atom. The first kappa shape index (κ1) is 22.8. The number of rotatable bonds is 4. The summed E-state index contributed by atoms with van der Waals surface area (Å²) in [5.41, 5.74) is 1.44. The minimum absolute atomic E-state index is 0. The molecule has 1 atom stereocenters. The lowest BCUT2D eigenvalue weighted by Crippen LogP contribution is -2.41. The molecule has 0 spiro atoms. The Bertz CT molecular complexity index is 616. The lowest BCUT2D eigenvalue weighted by molar-refractivity contribution is -0.123. The molecule has 2 N–H and O–H groups in total. The van der Waals surface area contributed by atoms with E-state index in [0.717, 1.165) is 5.69 Å². The Morgan fingerprint density at radius 3 is 2.62 bits per heavy atom.